The molecule has 0 aromatic carbocycles. The predicted molar refractivity (Wildman–Crippen MR) is 261 cm³/mol. The van der Waals surface area contributed by atoms with Gasteiger partial charge in [-0.1, -0.05) is 266 Å². The van der Waals surface area contributed by atoms with E-state index in [1.807, 2.05) is 0 Å². The minimum atomic E-state index is -0.763. The van der Waals surface area contributed by atoms with E-state index in [9.17, 15) is 14.4 Å². The molecule has 0 radical (unpaired) electrons. The zero-order valence-corrected chi connectivity index (χ0v) is 41.8. The van der Waals surface area contributed by atoms with E-state index in [2.05, 4.69) is 34.6 Å². The van der Waals surface area contributed by atoms with Gasteiger partial charge in [0, 0.05) is 19.3 Å². The normalized spacial score (nSPS) is 12.5. The first-order valence-corrected chi connectivity index (χ1v) is 27.3. The number of carbonyl (C=O) groups excluding carboxylic acids is 3. The molecule has 0 aliphatic rings. The maximum absolute atomic E-state index is 12.8. The molecule has 0 rings (SSSR count). The number of carbonyl (C=O) groups is 3. The lowest BCUT2D eigenvalue weighted by molar-refractivity contribution is -0.167. The van der Waals surface area contributed by atoms with E-state index in [-0.39, 0.29) is 31.1 Å². The van der Waals surface area contributed by atoms with Crippen LogP contribution in [0.3, 0.4) is 0 Å². The Kier molecular flexibility index (Phi) is 46.6. The van der Waals surface area contributed by atoms with Crippen LogP contribution in [0, 0.1) is 11.8 Å². The molecular weight excluding hydrogens is 757 g/mol. The third-order valence-electron chi connectivity index (χ3n) is 12.8. The average Bonchev–Trinajstić information content (AvgIpc) is 3.24. The molecular formula is C55H106O6. The second-order valence-electron chi connectivity index (χ2n) is 19.6. The Morgan fingerprint density at radius 2 is 0.623 bits per heavy atom. The van der Waals surface area contributed by atoms with Crippen molar-refractivity contribution in [3.8, 4) is 0 Å². The van der Waals surface area contributed by atoms with Gasteiger partial charge < -0.3 is 14.2 Å². The molecule has 362 valence electrons. The smallest absolute Gasteiger partial charge is 0.306 e. The van der Waals surface area contributed by atoms with E-state index in [0.717, 1.165) is 69.6 Å². The summed E-state index contributed by atoms with van der Waals surface area (Å²) < 4.78 is 16.8. The number of rotatable bonds is 49. The van der Waals surface area contributed by atoms with Crippen molar-refractivity contribution in [2.24, 2.45) is 11.8 Å². The molecule has 0 bridgehead atoms. The van der Waals surface area contributed by atoms with Crippen molar-refractivity contribution in [2.75, 3.05) is 13.2 Å². The second kappa shape index (κ2) is 47.9. The molecule has 0 heterocycles. The van der Waals surface area contributed by atoms with Crippen molar-refractivity contribution in [2.45, 2.75) is 310 Å². The van der Waals surface area contributed by atoms with Gasteiger partial charge in [-0.3, -0.25) is 14.4 Å². The highest BCUT2D eigenvalue weighted by Crippen LogP contribution is 2.18. The van der Waals surface area contributed by atoms with E-state index in [1.165, 1.54) is 193 Å². The Morgan fingerprint density at radius 1 is 0.344 bits per heavy atom. The van der Waals surface area contributed by atoms with Crippen molar-refractivity contribution < 1.29 is 28.6 Å². The van der Waals surface area contributed by atoms with Gasteiger partial charge in [0.1, 0.15) is 13.2 Å². The second-order valence-corrected chi connectivity index (χ2v) is 19.6. The molecule has 0 aromatic heterocycles. The minimum absolute atomic E-state index is 0.0640. The summed E-state index contributed by atoms with van der Waals surface area (Å²) in [5.41, 5.74) is 0. The Bertz CT molecular complexity index is 933. The molecule has 0 saturated carbocycles. The maximum atomic E-state index is 12.8. The first-order chi connectivity index (χ1) is 29.8. The maximum Gasteiger partial charge on any atom is 0.306 e. The molecule has 0 amide bonds. The van der Waals surface area contributed by atoms with Crippen molar-refractivity contribution in [3.05, 3.63) is 0 Å². The van der Waals surface area contributed by atoms with E-state index in [4.69, 9.17) is 14.2 Å². The van der Waals surface area contributed by atoms with E-state index in [1.54, 1.807) is 0 Å². The fourth-order valence-electron chi connectivity index (χ4n) is 8.31. The van der Waals surface area contributed by atoms with Gasteiger partial charge in [0.05, 0.1) is 0 Å². The van der Waals surface area contributed by atoms with Crippen LogP contribution in [-0.2, 0) is 28.6 Å². The lowest BCUT2D eigenvalue weighted by Gasteiger charge is -2.18. The lowest BCUT2D eigenvalue weighted by atomic mass is 10.00. The summed E-state index contributed by atoms with van der Waals surface area (Å²) >= 11 is 0. The Morgan fingerprint density at radius 3 is 0.934 bits per heavy atom. The first kappa shape index (κ1) is 59.4. The molecule has 0 saturated heterocycles. The van der Waals surface area contributed by atoms with Crippen LogP contribution in [0.5, 0.6) is 0 Å². The van der Waals surface area contributed by atoms with Crippen LogP contribution >= 0.6 is 0 Å². The fraction of sp³-hybridized carbons (Fsp3) is 0.945. The summed E-state index contributed by atoms with van der Waals surface area (Å²) in [6.45, 7) is 11.4. The van der Waals surface area contributed by atoms with Gasteiger partial charge in [-0.25, -0.2) is 0 Å². The highest BCUT2D eigenvalue weighted by molar-refractivity contribution is 5.71. The summed E-state index contributed by atoms with van der Waals surface area (Å²) in [5.74, 6) is 0.798. The van der Waals surface area contributed by atoms with E-state index < -0.39 is 6.10 Å². The quantitative estimate of drug-likeness (QED) is 0.0344. The number of unbranched alkanes of at least 4 members (excludes halogenated alkanes) is 33. The molecule has 2 atom stereocenters. The summed E-state index contributed by atoms with van der Waals surface area (Å²) in [7, 11) is 0. The fourth-order valence-corrected chi connectivity index (χ4v) is 8.31. The molecule has 6 nitrogen and oxygen atoms in total. The average molecular weight is 863 g/mol. The minimum Gasteiger partial charge on any atom is -0.462 e. The third kappa shape index (κ3) is 47.7. The van der Waals surface area contributed by atoms with Gasteiger partial charge in [-0.15, -0.1) is 0 Å². The first-order valence-electron chi connectivity index (χ1n) is 27.3. The van der Waals surface area contributed by atoms with Gasteiger partial charge in [-0.05, 0) is 31.1 Å². The molecule has 0 aromatic rings. The summed E-state index contributed by atoms with van der Waals surface area (Å²) in [5, 5.41) is 0. The third-order valence-corrected chi connectivity index (χ3v) is 12.8. The van der Waals surface area contributed by atoms with E-state index >= 15 is 0 Å². The van der Waals surface area contributed by atoms with Gasteiger partial charge in [0.25, 0.3) is 0 Å². The topological polar surface area (TPSA) is 78.9 Å². The van der Waals surface area contributed by atoms with Crippen molar-refractivity contribution in [1.82, 2.24) is 0 Å². The lowest BCUT2D eigenvalue weighted by Crippen LogP contribution is -2.30. The molecule has 6 heteroatoms. The van der Waals surface area contributed by atoms with Crippen LogP contribution in [0.2, 0.25) is 0 Å². The highest BCUT2D eigenvalue weighted by Gasteiger charge is 2.19. The predicted octanol–water partition coefficient (Wildman–Crippen LogP) is 17.7. The molecule has 0 aliphatic carbocycles. The Labute approximate surface area is 380 Å². The SMILES string of the molecule is CCCCCCCCCCCCCCCCCCCCC(=O)OC[C@@H](COC(=O)CCCCCCCCC(C)CC)OC(=O)CCCCCCCCCCCCCCC(C)C. The largest absolute Gasteiger partial charge is 0.462 e. The molecule has 61 heavy (non-hydrogen) atoms. The molecule has 0 fully saturated rings. The van der Waals surface area contributed by atoms with Gasteiger partial charge >= 0.3 is 17.9 Å². The van der Waals surface area contributed by atoms with Gasteiger partial charge in [0.2, 0.25) is 0 Å². The molecule has 1 unspecified atom stereocenters. The van der Waals surface area contributed by atoms with Crippen LogP contribution in [-0.4, -0.2) is 37.2 Å². The summed E-state index contributed by atoms with van der Waals surface area (Å²) in [4.78, 5) is 38.0. The van der Waals surface area contributed by atoms with Crippen LogP contribution in [0.25, 0.3) is 0 Å². The molecule has 0 spiro atoms. The Balaban J connectivity index is 4.26. The van der Waals surface area contributed by atoms with E-state index in [0.29, 0.717) is 19.3 Å². The monoisotopic (exact) mass is 863 g/mol. The number of esters is 3. The zero-order valence-electron chi connectivity index (χ0n) is 41.8. The van der Waals surface area contributed by atoms with Crippen molar-refractivity contribution in [1.29, 1.82) is 0 Å². The standard InChI is InChI=1S/C55H106O6/c1-6-8-9-10-11-12-13-14-15-16-17-18-19-23-26-29-35-40-45-53(56)59-48-52(49-60-54(57)46-41-36-32-31-34-39-44-51(5)7-2)61-55(58)47-42-37-30-27-24-21-20-22-25-28-33-38-43-50(3)4/h50-52H,6-49H2,1-5H3/t51?,52-/m0/s1. The highest BCUT2D eigenvalue weighted by atomic mass is 16.6. The van der Waals surface area contributed by atoms with Gasteiger partial charge in [-0.2, -0.15) is 0 Å². The van der Waals surface area contributed by atoms with Crippen LogP contribution in [0.1, 0.15) is 304 Å². The number of hydrogen-bond donors (Lipinski definition) is 0. The van der Waals surface area contributed by atoms with Crippen molar-refractivity contribution >= 4 is 17.9 Å². The number of hydrogen-bond acceptors (Lipinski definition) is 6. The van der Waals surface area contributed by atoms with Crippen LogP contribution in [0.15, 0.2) is 0 Å². The van der Waals surface area contributed by atoms with Crippen LogP contribution in [0.4, 0.5) is 0 Å². The Hall–Kier alpha value is -1.59. The zero-order chi connectivity index (χ0) is 44.7. The van der Waals surface area contributed by atoms with Gasteiger partial charge in [0.15, 0.2) is 6.10 Å². The number of ether oxygens (including phenoxy) is 3. The van der Waals surface area contributed by atoms with Crippen molar-refractivity contribution in [3.63, 3.8) is 0 Å². The summed E-state index contributed by atoms with van der Waals surface area (Å²) in [6, 6.07) is 0. The summed E-state index contributed by atoms with van der Waals surface area (Å²) in [6.07, 6.45) is 49.5. The molecule has 0 N–H and O–H groups in total. The molecule has 0 aliphatic heterocycles. The van der Waals surface area contributed by atoms with Crippen LogP contribution < -0.4 is 0 Å².